The lowest BCUT2D eigenvalue weighted by Gasteiger charge is -2.25. The van der Waals surface area contributed by atoms with Crippen LogP contribution in [0.15, 0.2) is 70.2 Å². The van der Waals surface area contributed by atoms with Crippen molar-refractivity contribution in [2.45, 2.75) is 17.1 Å². The number of thioether (sulfide) groups is 1. The zero-order valence-electron chi connectivity index (χ0n) is 18.8. The molecular weight excluding hydrogens is 495 g/mol. The van der Waals surface area contributed by atoms with Gasteiger partial charge in [0.1, 0.15) is 31.3 Å². The predicted molar refractivity (Wildman–Crippen MR) is 131 cm³/mol. The first kappa shape index (κ1) is 24.9. The van der Waals surface area contributed by atoms with Gasteiger partial charge in [-0.1, -0.05) is 0 Å². The molecule has 0 bridgehead atoms. The highest BCUT2D eigenvalue weighted by atomic mass is 32.2. The molecule has 1 amide bonds. The van der Waals surface area contributed by atoms with Gasteiger partial charge in [0.25, 0.3) is 10.0 Å². The molecule has 0 atom stereocenters. The van der Waals surface area contributed by atoms with Gasteiger partial charge in [-0.05, 0) is 60.7 Å². The van der Waals surface area contributed by atoms with E-state index in [1.165, 1.54) is 30.3 Å². The average Bonchev–Trinajstić information content (AvgIpc) is 3.38. The van der Waals surface area contributed by atoms with Crippen LogP contribution in [0.4, 0.5) is 10.1 Å². The van der Waals surface area contributed by atoms with E-state index < -0.39 is 28.3 Å². The molecule has 1 aliphatic heterocycles. The maximum atomic E-state index is 13.5. The Morgan fingerprint density at radius 1 is 1.06 bits per heavy atom. The van der Waals surface area contributed by atoms with Gasteiger partial charge in [0.05, 0.1) is 22.6 Å². The summed E-state index contributed by atoms with van der Waals surface area (Å²) in [5, 5.41) is 2.76. The second kappa shape index (κ2) is 11.5. The maximum Gasteiger partial charge on any atom is 0.264 e. The fraction of sp³-hybridized carbons (Fsp3) is 0.292. The topological polar surface area (TPSA) is 98.1 Å². The third-order valence-corrected chi connectivity index (χ3v) is 7.95. The number of rotatable bonds is 11. The molecule has 0 saturated carbocycles. The number of nitrogens with one attached hydrogen (secondary N) is 1. The summed E-state index contributed by atoms with van der Waals surface area (Å²) in [6, 6.07) is 13.0. The highest BCUT2D eigenvalue weighted by molar-refractivity contribution is 7.98. The molecule has 11 heteroatoms. The van der Waals surface area contributed by atoms with E-state index >= 15 is 0 Å². The molecule has 0 fully saturated rings. The number of anilines is 1. The number of fused-ring (bicyclic) bond motifs is 1. The first-order chi connectivity index (χ1) is 16.9. The summed E-state index contributed by atoms with van der Waals surface area (Å²) in [4.78, 5) is 12.6. The Labute approximate surface area is 207 Å². The van der Waals surface area contributed by atoms with Crippen LogP contribution in [-0.2, 0) is 20.6 Å². The zero-order valence-corrected chi connectivity index (χ0v) is 20.4. The third kappa shape index (κ3) is 6.49. The minimum atomic E-state index is -4.16. The quantitative estimate of drug-likeness (QED) is 0.384. The number of hydrogen-bond acceptors (Lipinski definition) is 7. The molecule has 2 heterocycles. The molecule has 0 aliphatic carbocycles. The van der Waals surface area contributed by atoms with E-state index in [9.17, 15) is 17.6 Å². The number of hydrogen-bond donors (Lipinski definition) is 1. The normalized spacial score (nSPS) is 12.8. The van der Waals surface area contributed by atoms with E-state index in [1.807, 2.05) is 12.1 Å². The monoisotopic (exact) mass is 520 g/mol. The second-order valence-corrected chi connectivity index (χ2v) is 10.6. The molecule has 0 spiro atoms. The number of ether oxygens (including phenoxy) is 2. The van der Waals surface area contributed by atoms with Crippen LogP contribution in [0.2, 0.25) is 0 Å². The fourth-order valence-electron chi connectivity index (χ4n) is 3.39. The third-order valence-electron chi connectivity index (χ3n) is 5.12. The minimum Gasteiger partial charge on any atom is -0.486 e. The summed E-state index contributed by atoms with van der Waals surface area (Å²) in [6.07, 6.45) is 2.34. The van der Waals surface area contributed by atoms with Crippen LogP contribution in [-0.4, -0.2) is 46.4 Å². The molecular formula is C24H25FN2O6S2. The number of furan rings is 1. The van der Waals surface area contributed by atoms with E-state index in [0.29, 0.717) is 37.7 Å². The molecule has 1 aromatic heterocycles. The molecule has 2 aromatic carbocycles. The summed E-state index contributed by atoms with van der Waals surface area (Å²) in [5.74, 6) is 2.22. The van der Waals surface area contributed by atoms with Gasteiger partial charge in [0.15, 0.2) is 11.5 Å². The summed E-state index contributed by atoms with van der Waals surface area (Å²) in [6.45, 7) is 0.621. The summed E-state index contributed by atoms with van der Waals surface area (Å²) in [5.41, 5.74) is 0.172. The number of benzene rings is 2. The van der Waals surface area contributed by atoms with Crippen LogP contribution < -0.4 is 19.1 Å². The van der Waals surface area contributed by atoms with Gasteiger partial charge >= 0.3 is 0 Å². The van der Waals surface area contributed by atoms with Gasteiger partial charge in [0.2, 0.25) is 5.91 Å². The van der Waals surface area contributed by atoms with Crippen LogP contribution in [0.25, 0.3) is 0 Å². The van der Waals surface area contributed by atoms with Crippen molar-refractivity contribution in [3.63, 3.8) is 0 Å². The Kier molecular flexibility index (Phi) is 8.19. The van der Waals surface area contributed by atoms with Crippen molar-refractivity contribution in [2.24, 2.45) is 0 Å². The van der Waals surface area contributed by atoms with Crippen LogP contribution in [0.5, 0.6) is 11.5 Å². The predicted octanol–water partition coefficient (Wildman–Crippen LogP) is 3.82. The summed E-state index contributed by atoms with van der Waals surface area (Å²) >= 11 is 1.68. The van der Waals surface area contributed by atoms with Crippen molar-refractivity contribution in [1.29, 1.82) is 0 Å². The molecule has 8 nitrogen and oxygen atoms in total. The van der Waals surface area contributed by atoms with Crippen LogP contribution in [0.3, 0.4) is 0 Å². The zero-order chi connectivity index (χ0) is 24.7. The Morgan fingerprint density at radius 2 is 1.83 bits per heavy atom. The molecule has 0 unspecified atom stereocenters. The van der Waals surface area contributed by atoms with Crippen LogP contribution >= 0.6 is 11.8 Å². The fourth-order valence-corrected chi connectivity index (χ4v) is 5.68. The molecule has 0 radical (unpaired) electrons. The molecule has 35 heavy (non-hydrogen) atoms. The van der Waals surface area contributed by atoms with Crippen molar-refractivity contribution >= 4 is 33.4 Å². The van der Waals surface area contributed by atoms with E-state index in [1.54, 1.807) is 18.0 Å². The first-order valence-corrected chi connectivity index (χ1v) is 13.6. The second-order valence-electron chi connectivity index (χ2n) is 7.63. The standard InChI is InChI=1S/C24H25FN2O6S2/c25-18-4-6-19(7-5-18)27(16-24(28)26-10-2-14-34-17-20-3-1-11-31-20)35(29,30)21-8-9-22-23(15-21)33-13-12-32-22/h1,3-9,11,15H,2,10,12-14,16-17H2,(H,26,28). The van der Waals surface area contributed by atoms with Crippen molar-refractivity contribution < 1.29 is 31.5 Å². The average molecular weight is 521 g/mol. The van der Waals surface area contributed by atoms with Crippen molar-refractivity contribution in [2.75, 3.05) is 36.4 Å². The highest BCUT2D eigenvalue weighted by Crippen LogP contribution is 2.34. The number of carbonyl (C=O) groups excluding carboxylic acids is 1. The van der Waals surface area contributed by atoms with E-state index in [-0.39, 0.29) is 10.6 Å². The Bertz CT molecular complexity index is 1230. The lowest BCUT2D eigenvalue weighted by Crippen LogP contribution is -2.41. The number of sulfonamides is 1. The molecule has 186 valence electrons. The Balaban J connectivity index is 1.42. The summed E-state index contributed by atoms with van der Waals surface area (Å²) in [7, 11) is -4.16. The first-order valence-electron chi connectivity index (χ1n) is 11.0. The highest BCUT2D eigenvalue weighted by Gasteiger charge is 2.29. The molecule has 1 aliphatic rings. The van der Waals surface area contributed by atoms with Gasteiger partial charge in [0, 0.05) is 12.6 Å². The van der Waals surface area contributed by atoms with Gasteiger partial charge in [-0.15, -0.1) is 0 Å². The molecule has 3 aromatic rings. The van der Waals surface area contributed by atoms with Gasteiger partial charge in [-0.2, -0.15) is 11.8 Å². The van der Waals surface area contributed by atoms with E-state index in [2.05, 4.69) is 5.32 Å². The van der Waals surface area contributed by atoms with Gasteiger partial charge in [-0.25, -0.2) is 12.8 Å². The number of amides is 1. The molecule has 0 saturated heterocycles. The largest absolute Gasteiger partial charge is 0.486 e. The van der Waals surface area contributed by atoms with E-state index in [4.69, 9.17) is 13.9 Å². The molecule has 4 rings (SSSR count). The summed E-state index contributed by atoms with van der Waals surface area (Å²) < 4.78 is 57.7. The lowest BCUT2D eigenvalue weighted by atomic mass is 10.3. The minimum absolute atomic E-state index is 0.0619. The van der Waals surface area contributed by atoms with Crippen molar-refractivity contribution in [1.82, 2.24) is 5.32 Å². The number of carbonyl (C=O) groups is 1. The smallest absolute Gasteiger partial charge is 0.264 e. The number of nitrogens with zero attached hydrogens (tertiary/aromatic N) is 1. The lowest BCUT2D eigenvalue weighted by molar-refractivity contribution is -0.119. The van der Waals surface area contributed by atoms with Crippen LogP contribution in [0.1, 0.15) is 12.2 Å². The SMILES string of the molecule is O=C(CN(c1ccc(F)cc1)S(=O)(=O)c1ccc2c(c1)OCCO2)NCCCSCc1ccco1. The Morgan fingerprint density at radius 3 is 2.57 bits per heavy atom. The van der Waals surface area contributed by atoms with Crippen molar-refractivity contribution in [3.8, 4) is 11.5 Å². The molecule has 1 N–H and O–H groups in total. The van der Waals surface area contributed by atoms with Gasteiger partial charge < -0.3 is 19.2 Å². The van der Waals surface area contributed by atoms with E-state index in [0.717, 1.165) is 33.7 Å². The number of halogens is 1. The Hall–Kier alpha value is -3.18. The van der Waals surface area contributed by atoms with Gasteiger partial charge in [-0.3, -0.25) is 9.10 Å². The van der Waals surface area contributed by atoms with Crippen molar-refractivity contribution in [3.05, 3.63) is 72.4 Å². The maximum absolute atomic E-state index is 13.5. The van der Waals surface area contributed by atoms with Crippen LogP contribution in [0, 0.1) is 5.82 Å².